The average molecular weight is 235 g/mol. The lowest BCUT2D eigenvalue weighted by molar-refractivity contribution is 0.125. The first-order chi connectivity index (χ1) is 7.08. The molecule has 0 atom stereocenters. The molecule has 1 amide bonds. The van der Waals surface area contributed by atoms with Crippen LogP contribution < -0.4 is 5.32 Å². The van der Waals surface area contributed by atoms with Gasteiger partial charge in [-0.1, -0.05) is 0 Å². The van der Waals surface area contributed by atoms with Crippen molar-refractivity contribution in [1.29, 1.82) is 0 Å². The second-order valence-electron chi connectivity index (χ2n) is 3.11. The summed E-state index contributed by atoms with van der Waals surface area (Å²) in [5.41, 5.74) is 0. The first-order valence-corrected chi connectivity index (χ1v) is 7.78. The van der Waals surface area contributed by atoms with E-state index in [9.17, 15) is 4.79 Å². The van der Waals surface area contributed by atoms with Crippen molar-refractivity contribution < 1.29 is 18.4 Å². The van der Waals surface area contributed by atoms with E-state index in [1.54, 1.807) is 0 Å². The van der Waals surface area contributed by atoms with Gasteiger partial charge in [0.25, 0.3) is 0 Å². The van der Waals surface area contributed by atoms with Crippen LogP contribution in [0.2, 0.25) is 6.55 Å². The van der Waals surface area contributed by atoms with E-state index in [-0.39, 0.29) is 6.23 Å². The van der Waals surface area contributed by atoms with Gasteiger partial charge in [0.15, 0.2) is 0 Å². The number of rotatable bonds is 7. The van der Waals surface area contributed by atoms with Crippen LogP contribution in [0.15, 0.2) is 0 Å². The van der Waals surface area contributed by atoms with Crippen molar-refractivity contribution in [2.45, 2.75) is 27.3 Å². The molecule has 0 fully saturated rings. The summed E-state index contributed by atoms with van der Waals surface area (Å²) in [6, 6.07) is 0. The predicted molar refractivity (Wildman–Crippen MR) is 59.9 cm³/mol. The molecule has 0 aromatic heterocycles. The Kier molecular flexibility index (Phi) is 7.36. The van der Waals surface area contributed by atoms with E-state index in [0.29, 0.717) is 19.8 Å². The quantitative estimate of drug-likeness (QED) is 0.678. The van der Waals surface area contributed by atoms with E-state index in [1.165, 1.54) is 0 Å². The van der Waals surface area contributed by atoms with Gasteiger partial charge < -0.3 is 18.9 Å². The van der Waals surface area contributed by atoms with Gasteiger partial charge in [-0.2, -0.15) is 0 Å². The lowest BCUT2D eigenvalue weighted by atomic mass is 10.8. The molecule has 0 heterocycles. The number of carbonyl (C=O) groups excluding carboxylic acids is 1. The van der Waals surface area contributed by atoms with Crippen molar-refractivity contribution in [1.82, 2.24) is 5.32 Å². The van der Waals surface area contributed by atoms with E-state index in [2.05, 4.69) is 5.32 Å². The second-order valence-corrected chi connectivity index (χ2v) is 6.24. The molecule has 0 aliphatic heterocycles. The molecule has 1 N–H and O–H groups in total. The Morgan fingerprint density at radius 2 is 1.73 bits per heavy atom. The first kappa shape index (κ1) is 14.4. The monoisotopic (exact) mass is 235 g/mol. The molecular formula is C9H21NO4Si. The Morgan fingerprint density at radius 1 is 1.20 bits per heavy atom. The molecule has 6 heteroatoms. The third-order valence-electron chi connectivity index (χ3n) is 1.69. The minimum Gasteiger partial charge on any atom is -0.448 e. The van der Waals surface area contributed by atoms with Crippen LogP contribution in [0.3, 0.4) is 0 Å². The zero-order valence-electron chi connectivity index (χ0n) is 9.96. The number of nitrogens with one attached hydrogen (secondary N) is 1. The van der Waals surface area contributed by atoms with E-state index >= 15 is 0 Å². The van der Waals surface area contributed by atoms with E-state index in [0.717, 1.165) is 0 Å². The highest BCUT2D eigenvalue weighted by atomic mass is 28.4. The highest BCUT2D eigenvalue weighted by molar-refractivity contribution is 6.66. The fraction of sp³-hybridized carbons (Fsp3) is 0.889. The summed E-state index contributed by atoms with van der Waals surface area (Å²) in [5, 5.41) is 2.55. The molecule has 0 radical (unpaired) electrons. The van der Waals surface area contributed by atoms with Gasteiger partial charge in [0, 0.05) is 19.8 Å². The van der Waals surface area contributed by atoms with Crippen LogP contribution in [-0.2, 0) is 13.6 Å². The fourth-order valence-corrected chi connectivity index (χ4v) is 2.99. The molecule has 0 aliphatic rings. The number of alkyl carbamates (subject to hydrolysis) is 1. The normalized spacial score (nSPS) is 11.2. The summed E-state index contributed by atoms with van der Waals surface area (Å²) in [7, 11) is -2.32. The zero-order chi connectivity index (χ0) is 11.7. The zero-order valence-corrected chi connectivity index (χ0v) is 11.0. The summed E-state index contributed by atoms with van der Waals surface area (Å²) in [5.74, 6) is 0. The number of hydrogen-bond acceptors (Lipinski definition) is 4. The van der Waals surface area contributed by atoms with Gasteiger partial charge in [-0.25, -0.2) is 4.79 Å². The van der Waals surface area contributed by atoms with E-state index < -0.39 is 14.7 Å². The van der Waals surface area contributed by atoms with Gasteiger partial charge >= 0.3 is 14.7 Å². The standard InChI is InChI=1S/C9H21NO4Si/c1-5-10-9(11)12-8-15(4,13-6-2)14-7-3/h5-8H2,1-4H3,(H,10,11). The topological polar surface area (TPSA) is 56.8 Å². The predicted octanol–water partition coefficient (Wildman–Crippen LogP) is 1.42. The molecule has 0 unspecified atom stereocenters. The van der Waals surface area contributed by atoms with E-state index in [1.807, 2.05) is 27.3 Å². The van der Waals surface area contributed by atoms with Crippen LogP contribution in [0.1, 0.15) is 20.8 Å². The number of amides is 1. The SMILES string of the molecule is CCNC(=O)OC[Si](C)(OCC)OCC. The van der Waals surface area contributed by atoms with Crippen LogP contribution in [-0.4, -0.2) is 40.6 Å². The molecule has 0 aromatic carbocycles. The molecule has 15 heavy (non-hydrogen) atoms. The van der Waals surface area contributed by atoms with Crippen molar-refractivity contribution in [3.8, 4) is 0 Å². The van der Waals surface area contributed by atoms with Crippen molar-refractivity contribution in [2.75, 3.05) is 26.0 Å². The number of hydrogen-bond donors (Lipinski definition) is 1. The van der Waals surface area contributed by atoms with Gasteiger partial charge in [-0.05, 0) is 27.3 Å². The molecule has 5 nitrogen and oxygen atoms in total. The molecule has 0 rings (SSSR count). The minimum atomic E-state index is -2.32. The molecule has 0 aromatic rings. The van der Waals surface area contributed by atoms with Gasteiger partial charge in [0.2, 0.25) is 0 Å². The molecule has 0 aliphatic carbocycles. The highest BCUT2D eigenvalue weighted by Gasteiger charge is 2.32. The third kappa shape index (κ3) is 6.48. The Balaban J connectivity index is 3.99. The Labute approximate surface area is 92.3 Å². The summed E-state index contributed by atoms with van der Waals surface area (Å²) in [6.07, 6.45) is -0.198. The summed E-state index contributed by atoms with van der Waals surface area (Å²) < 4.78 is 16.0. The highest BCUT2D eigenvalue weighted by Crippen LogP contribution is 2.07. The third-order valence-corrected chi connectivity index (χ3v) is 4.15. The van der Waals surface area contributed by atoms with Gasteiger partial charge in [-0.3, -0.25) is 0 Å². The summed E-state index contributed by atoms with van der Waals surface area (Å²) in [4.78, 5) is 11.1. The van der Waals surface area contributed by atoms with Crippen LogP contribution >= 0.6 is 0 Å². The van der Waals surface area contributed by atoms with Crippen molar-refractivity contribution in [2.24, 2.45) is 0 Å². The van der Waals surface area contributed by atoms with Crippen LogP contribution in [0, 0.1) is 0 Å². The van der Waals surface area contributed by atoms with E-state index in [4.69, 9.17) is 13.6 Å². The van der Waals surface area contributed by atoms with Gasteiger partial charge in [0.05, 0.1) is 0 Å². The number of ether oxygens (including phenoxy) is 1. The molecular weight excluding hydrogens is 214 g/mol. The Hall–Kier alpha value is -0.593. The van der Waals surface area contributed by atoms with Crippen molar-refractivity contribution in [3.63, 3.8) is 0 Å². The molecule has 0 bridgehead atoms. The maximum absolute atomic E-state index is 11.1. The second kappa shape index (κ2) is 7.67. The van der Waals surface area contributed by atoms with Gasteiger partial charge in [0.1, 0.15) is 6.23 Å². The molecule has 0 saturated heterocycles. The molecule has 0 spiro atoms. The van der Waals surface area contributed by atoms with Crippen molar-refractivity contribution >= 4 is 14.7 Å². The lowest BCUT2D eigenvalue weighted by Gasteiger charge is -2.25. The van der Waals surface area contributed by atoms with Crippen molar-refractivity contribution in [3.05, 3.63) is 0 Å². The van der Waals surface area contributed by atoms with Crippen LogP contribution in [0.25, 0.3) is 0 Å². The first-order valence-electron chi connectivity index (χ1n) is 5.26. The Bertz CT molecular complexity index is 183. The minimum absolute atomic E-state index is 0.223. The summed E-state index contributed by atoms with van der Waals surface area (Å²) in [6.45, 7) is 9.22. The average Bonchev–Trinajstić information content (AvgIpc) is 2.16. The largest absolute Gasteiger partial charge is 0.448 e. The van der Waals surface area contributed by atoms with Crippen LogP contribution in [0.5, 0.6) is 0 Å². The van der Waals surface area contributed by atoms with Crippen LogP contribution in [0.4, 0.5) is 4.79 Å². The molecule has 0 saturated carbocycles. The number of carbonyl (C=O) groups is 1. The smallest absolute Gasteiger partial charge is 0.406 e. The maximum atomic E-state index is 11.1. The maximum Gasteiger partial charge on any atom is 0.406 e. The summed E-state index contributed by atoms with van der Waals surface area (Å²) >= 11 is 0. The fourth-order valence-electron chi connectivity index (χ4n) is 1.13. The van der Waals surface area contributed by atoms with Gasteiger partial charge in [-0.15, -0.1) is 0 Å². The lowest BCUT2D eigenvalue weighted by Crippen LogP contribution is -2.46. The Morgan fingerprint density at radius 3 is 2.13 bits per heavy atom. The molecule has 90 valence electrons.